The average molecular weight is 258 g/mol. The fourth-order valence-electron chi connectivity index (χ4n) is 1.88. The Bertz CT molecular complexity index is 270. The van der Waals surface area contributed by atoms with Crippen molar-refractivity contribution in [2.75, 3.05) is 26.8 Å². The number of carbonyl (C=O) groups excluding carboxylic acids is 1. The first-order valence-electron chi connectivity index (χ1n) is 6.58. The number of methoxy groups -OCH3 is 1. The zero-order valence-corrected chi connectivity index (χ0v) is 12.2. The van der Waals surface area contributed by atoms with E-state index in [0.717, 1.165) is 19.5 Å². The summed E-state index contributed by atoms with van der Waals surface area (Å²) in [6, 6.07) is 0.721. The van der Waals surface area contributed by atoms with Crippen molar-refractivity contribution in [2.45, 2.75) is 51.8 Å². The number of nitrogens with zero attached hydrogens (tertiary/aromatic N) is 1. The van der Waals surface area contributed by atoms with Crippen LogP contribution in [0.4, 0.5) is 4.79 Å². The van der Waals surface area contributed by atoms with Crippen LogP contribution in [0.1, 0.15) is 34.1 Å². The summed E-state index contributed by atoms with van der Waals surface area (Å²) < 4.78 is 10.4. The molecule has 1 aliphatic rings. The van der Waals surface area contributed by atoms with Crippen molar-refractivity contribution in [2.24, 2.45) is 0 Å². The molecule has 0 saturated carbocycles. The fraction of sp³-hybridized carbons (Fsp3) is 0.923. The summed E-state index contributed by atoms with van der Waals surface area (Å²) in [6.45, 7) is 9.91. The van der Waals surface area contributed by atoms with E-state index in [4.69, 9.17) is 9.47 Å². The number of amides is 1. The standard InChI is InChI=1S/C13H26N2O3/c1-6-10(9-17-5)14-11-7-15(8-11)12(16)18-13(2,3)4/h10-11,14H,6-9H2,1-5H3. The highest BCUT2D eigenvalue weighted by Crippen LogP contribution is 2.15. The molecule has 1 fully saturated rings. The maximum atomic E-state index is 11.7. The number of rotatable bonds is 5. The SMILES string of the molecule is CCC(COC)NC1CN(C(=O)OC(C)(C)C)C1. The lowest BCUT2D eigenvalue weighted by atomic mass is 10.1. The minimum absolute atomic E-state index is 0.222. The summed E-state index contributed by atoms with van der Waals surface area (Å²) in [5, 5.41) is 3.48. The number of carbonyl (C=O) groups is 1. The second kappa shape index (κ2) is 6.38. The zero-order chi connectivity index (χ0) is 13.8. The maximum Gasteiger partial charge on any atom is 0.410 e. The van der Waals surface area contributed by atoms with Gasteiger partial charge in [0.05, 0.1) is 6.61 Å². The lowest BCUT2D eigenvalue weighted by Crippen LogP contribution is -2.62. The average Bonchev–Trinajstić information content (AvgIpc) is 2.18. The number of hydrogen-bond acceptors (Lipinski definition) is 4. The van der Waals surface area contributed by atoms with E-state index in [0.29, 0.717) is 18.7 Å². The molecular weight excluding hydrogens is 232 g/mol. The van der Waals surface area contributed by atoms with Crippen LogP contribution in [0.2, 0.25) is 0 Å². The number of ether oxygens (including phenoxy) is 2. The van der Waals surface area contributed by atoms with E-state index >= 15 is 0 Å². The smallest absolute Gasteiger partial charge is 0.410 e. The molecule has 0 radical (unpaired) electrons. The van der Waals surface area contributed by atoms with Gasteiger partial charge in [-0.3, -0.25) is 0 Å². The molecule has 1 aliphatic heterocycles. The monoisotopic (exact) mass is 258 g/mol. The Balaban J connectivity index is 2.25. The Morgan fingerprint density at radius 1 is 1.44 bits per heavy atom. The summed E-state index contributed by atoms with van der Waals surface area (Å²) in [5.74, 6) is 0. The molecule has 1 unspecified atom stereocenters. The van der Waals surface area contributed by atoms with Crippen molar-refractivity contribution >= 4 is 6.09 Å². The van der Waals surface area contributed by atoms with Crippen molar-refractivity contribution in [3.63, 3.8) is 0 Å². The van der Waals surface area contributed by atoms with Gasteiger partial charge in [0.1, 0.15) is 5.60 Å². The highest BCUT2D eigenvalue weighted by Gasteiger charge is 2.34. The Morgan fingerprint density at radius 2 is 2.06 bits per heavy atom. The van der Waals surface area contributed by atoms with Crippen LogP contribution in [0.5, 0.6) is 0 Å². The number of nitrogens with one attached hydrogen (secondary N) is 1. The van der Waals surface area contributed by atoms with Crippen LogP contribution in [-0.2, 0) is 9.47 Å². The lowest BCUT2D eigenvalue weighted by molar-refractivity contribution is 0.00283. The molecule has 5 nitrogen and oxygen atoms in total. The minimum Gasteiger partial charge on any atom is -0.444 e. The fourth-order valence-corrected chi connectivity index (χ4v) is 1.88. The first-order valence-corrected chi connectivity index (χ1v) is 6.58. The summed E-state index contributed by atoms with van der Waals surface area (Å²) in [5.41, 5.74) is -0.419. The summed E-state index contributed by atoms with van der Waals surface area (Å²) in [6.07, 6.45) is 0.803. The molecule has 0 aromatic carbocycles. The van der Waals surface area contributed by atoms with Gasteiger partial charge in [-0.25, -0.2) is 4.79 Å². The molecule has 1 N–H and O–H groups in total. The topological polar surface area (TPSA) is 50.8 Å². The summed E-state index contributed by atoms with van der Waals surface area (Å²) in [7, 11) is 1.71. The molecule has 0 aromatic rings. The van der Waals surface area contributed by atoms with Gasteiger partial charge in [-0.2, -0.15) is 0 Å². The van der Waals surface area contributed by atoms with E-state index in [2.05, 4.69) is 12.2 Å². The zero-order valence-electron chi connectivity index (χ0n) is 12.2. The normalized spacial score (nSPS) is 18.4. The van der Waals surface area contributed by atoms with E-state index in [1.165, 1.54) is 0 Å². The molecule has 0 aliphatic carbocycles. The number of hydrogen-bond donors (Lipinski definition) is 1. The molecule has 5 heteroatoms. The van der Waals surface area contributed by atoms with E-state index in [9.17, 15) is 4.79 Å². The molecule has 1 heterocycles. The molecule has 0 spiro atoms. The van der Waals surface area contributed by atoms with Crippen LogP contribution in [0.15, 0.2) is 0 Å². The van der Waals surface area contributed by atoms with E-state index in [1.807, 2.05) is 20.8 Å². The first-order chi connectivity index (χ1) is 8.35. The Morgan fingerprint density at radius 3 is 2.50 bits per heavy atom. The van der Waals surface area contributed by atoms with Gasteiger partial charge in [-0.15, -0.1) is 0 Å². The molecule has 1 saturated heterocycles. The lowest BCUT2D eigenvalue weighted by Gasteiger charge is -2.41. The van der Waals surface area contributed by atoms with Gasteiger partial charge in [0.15, 0.2) is 0 Å². The molecule has 1 atom stereocenters. The second-order valence-electron chi connectivity index (χ2n) is 5.81. The Hall–Kier alpha value is -0.810. The molecule has 18 heavy (non-hydrogen) atoms. The quantitative estimate of drug-likeness (QED) is 0.814. The van der Waals surface area contributed by atoms with Crippen molar-refractivity contribution in [1.82, 2.24) is 10.2 Å². The van der Waals surface area contributed by atoms with Crippen molar-refractivity contribution < 1.29 is 14.3 Å². The maximum absolute atomic E-state index is 11.7. The van der Waals surface area contributed by atoms with Crippen LogP contribution in [0, 0.1) is 0 Å². The van der Waals surface area contributed by atoms with E-state index < -0.39 is 5.60 Å². The largest absolute Gasteiger partial charge is 0.444 e. The molecule has 1 amide bonds. The van der Waals surface area contributed by atoms with Crippen molar-refractivity contribution in [1.29, 1.82) is 0 Å². The molecule has 106 valence electrons. The van der Waals surface area contributed by atoms with Crippen molar-refractivity contribution in [3.05, 3.63) is 0 Å². The van der Waals surface area contributed by atoms with E-state index in [1.54, 1.807) is 12.0 Å². The first kappa shape index (κ1) is 15.2. The van der Waals surface area contributed by atoms with Crippen molar-refractivity contribution in [3.8, 4) is 0 Å². The van der Waals surface area contributed by atoms with Gasteiger partial charge in [-0.1, -0.05) is 6.92 Å². The highest BCUT2D eigenvalue weighted by molar-refractivity contribution is 5.69. The van der Waals surface area contributed by atoms with E-state index in [-0.39, 0.29) is 6.09 Å². The van der Waals surface area contributed by atoms with Crippen LogP contribution in [-0.4, -0.2) is 55.5 Å². The molecular formula is C13H26N2O3. The minimum atomic E-state index is -0.419. The summed E-state index contributed by atoms with van der Waals surface area (Å²) >= 11 is 0. The predicted octanol–water partition coefficient (Wildman–Crippen LogP) is 1.62. The van der Waals surface area contributed by atoms with Crippen LogP contribution < -0.4 is 5.32 Å². The molecule has 0 bridgehead atoms. The van der Waals surface area contributed by atoms with Gasteiger partial charge in [0.25, 0.3) is 0 Å². The van der Waals surface area contributed by atoms with Crippen LogP contribution >= 0.6 is 0 Å². The third kappa shape index (κ3) is 4.82. The molecule has 0 aromatic heterocycles. The van der Waals surface area contributed by atoms with Gasteiger partial charge < -0.3 is 19.7 Å². The van der Waals surface area contributed by atoms with Crippen LogP contribution in [0.25, 0.3) is 0 Å². The Labute approximate surface area is 110 Å². The predicted molar refractivity (Wildman–Crippen MR) is 70.7 cm³/mol. The third-order valence-electron chi connectivity index (χ3n) is 2.87. The van der Waals surface area contributed by atoms with Gasteiger partial charge in [0.2, 0.25) is 0 Å². The Kier molecular flexibility index (Phi) is 5.41. The summed E-state index contributed by atoms with van der Waals surface area (Å²) in [4.78, 5) is 13.4. The van der Waals surface area contributed by atoms with Gasteiger partial charge in [0, 0.05) is 32.3 Å². The second-order valence-corrected chi connectivity index (χ2v) is 5.81. The van der Waals surface area contributed by atoms with Gasteiger partial charge in [-0.05, 0) is 27.2 Å². The highest BCUT2D eigenvalue weighted by atomic mass is 16.6. The van der Waals surface area contributed by atoms with Gasteiger partial charge >= 0.3 is 6.09 Å². The number of likely N-dealkylation sites (tertiary alicyclic amines) is 1. The van der Waals surface area contributed by atoms with Crippen LogP contribution in [0.3, 0.4) is 0 Å². The molecule has 1 rings (SSSR count). The third-order valence-corrected chi connectivity index (χ3v) is 2.87.